The lowest BCUT2D eigenvalue weighted by Crippen LogP contribution is -2.22. The second kappa shape index (κ2) is 5.19. The van der Waals surface area contributed by atoms with Gasteiger partial charge < -0.3 is 15.1 Å². The van der Waals surface area contributed by atoms with Crippen LogP contribution in [0.5, 0.6) is 0 Å². The molecule has 0 saturated carbocycles. The fourth-order valence-corrected chi connectivity index (χ4v) is 2.12. The number of nitrogen functional groups attached to an aromatic ring is 1. The number of nitrogens with zero attached hydrogens (tertiary/aromatic N) is 2. The summed E-state index contributed by atoms with van der Waals surface area (Å²) in [6, 6.07) is 4.76. The van der Waals surface area contributed by atoms with Crippen LogP contribution in [0.15, 0.2) is 18.2 Å². The van der Waals surface area contributed by atoms with E-state index in [1.165, 1.54) is 6.07 Å². The van der Waals surface area contributed by atoms with Gasteiger partial charge in [0, 0.05) is 38.0 Å². The molecule has 1 fully saturated rings. The van der Waals surface area contributed by atoms with Crippen molar-refractivity contribution >= 4 is 17.1 Å². The van der Waals surface area contributed by atoms with Gasteiger partial charge in [-0.2, -0.15) is 0 Å². The Morgan fingerprint density at radius 3 is 2.89 bits per heavy atom. The fraction of sp³-hybridized carbons (Fsp3) is 0.455. The first-order chi connectivity index (χ1) is 8.63. The molecule has 0 aromatic heterocycles. The molecule has 0 radical (unpaired) electrons. The molecule has 1 aliphatic rings. The Bertz CT molecular complexity index is 452. The van der Waals surface area contributed by atoms with Crippen LogP contribution in [0, 0.1) is 10.1 Å². The average molecular weight is 252 g/mol. The quantitative estimate of drug-likeness (QED) is 0.473. The molecule has 0 bridgehead atoms. The van der Waals surface area contributed by atoms with Gasteiger partial charge in [-0.3, -0.25) is 16.0 Å². The lowest BCUT2D eigenvalue weighted by molar-refractivity contribution is -0.384. The van der Waals surface area contributed by atoms with Gasteiger partial charge in [0.1, 0.15) is 0 Å². The van der Waals surface area contributed by atoms with E-state index in [0.717, 1.165) is 25.2 Å². The third-order valence-electron chi connectivity index (χ3n) is 3.12. The van der Waals surface area contributed by atoms with Gasteiger partial charge >= 0.3 is 0 Å². The van der Waals surface area contributed by atoms with Gasteiger partial charge in [-0.1, -0.05) is 0 Å². The highest BCUT2D eigenvalue weighted by Crippen LogP contribution is 2.29. The monoisotopic (exact) mass is 252 g/mol. The van der Waals surface area contributed by atoms with Crippen LogP contribution in [0.2, 0.25) is 0 Å². The number of nitrogens with two attached hydrogens (primary N) is 1. The highest BCUT2D eigenvalue weighted by Gasteiger charge is 2.23. The summed E-state index contributed by atoms with van der Waals surface area (Å²) in [7, 11) is 1.68. The van der Waals surface area contributed by atoms with E-state index in [0.29, 0.717) is 5.69 Å². The Kier molecular flexibility index (Phi) is 3.63. The Hall–Kier alpha value is -1.86. The van der Waals surface area contributed by atoms with Crippen LogP contribution in [0.25, 0.3) is 0 Å². The van der Waals surface area contributed by atoms with Crippen LogP contribution in [-0.4, -0.2) is 31.2 Å². The van der Waals surface area contributed by atoms with Gasteiger partial charge in [0.25, 0.3) is 5.69 Å². The van der Waals surface area contributed by atoms with E-state index >= 15 is 0 Å². The molecule has 1 atom stereocenters. The number of methoxy groups -OCH3 is 1. The minimum atomic E-state index is -0.422. The number of nitro benzene ring substituents is 1. The maximum atomic E-state index is 10.9. The minimum absolute atomic E-state index is 0.0290. The lowest BCUT2D eigenvalue weighted by atomic mass is 10.2. The van der Waals surface area contributed by atoms with Gasteiger partial charge in [-0.15, -0.1) is 0 Å². The number of rotatable bonds is 4. The fourth-order valence-electron chi connectivity index (χ4n) is 2.12. The molecule has 7 heteroatoms. The number of non-ortho nitro benzene ring substituents is 1. The molecule has 1 aromatic carbocycles. The number of nitro groups is 1. The first-order valence-electron chi connectivity index (χ1n) is 5.68. The molecular weight excluding hydrogens is 236 g/mol. The number of hydrogen-bond acceptors (Lipinski definition) is 6. The smallest absolute Gasteiger partial charge is 0.273 e. The highest BCUT2D eigenvalue weighted by molar-refractivity contribution is 5.64. The molecule has 1 aliphatic heterocycles. The number of hydrazine groups is 1. The molecule has 0 spiro atoms. The van der Waals surface area contributed by atoms with Gasteiger partial charge in [0.05, 0.1) is 16.7 Å². The van der Waals surface area contributed by atoms with E-state index in [1.807, 2.05) is 0 Å². The second-order valence-corrected chi connectivity index (χ2v) is 4.23. The molecule has 98 valence electrons. The number of hydrogen-bond donors (Lipinski definition) is 2. The van der Waals surface area contributed by atoms with Crippen molar-refractivity contribution < 1.29 is 9.66 Å². The van der Waals surface area contributed by atoms with Crippen molar-refractivity contribution in [1.29, 1.82) is 0 Å². The van der Waals surface area contributed by atoms with Crippen molar-refractivity contribution in [3.8, 4) is 0 Å². The van der Waals surface area contributed by atoms with E-state index in [2.05, 4.69) is 10.3 Å². The van der Waals surface area contributed by atoms with Gasteiger partial charge in [0.2, 0.25) is 0 Å². The normalized spacial score (nSPS) is 19.0. The summed E-state index contributed by atoms with van der Waals surface area (Å²) >= 11 is 0. The summed E-state index contributed by atoms with van der Waals surface area (Å²) in [6.07, 6.45) is 1.10. The average Bonchev–Trinajstić information content (AvgIpc) is 2.86. The Morgan fingerprint density at radius 1 is 1.56 bits per heavy atom. The third-order valence-corrected chi connectivity index (χ3v) is 3.12. The van der Waals surface area contributed by atoms with E-state index in [-0.39, 0.29) is 11.8 Å². The Morgan fingerprint density at radius 2 is 2.33 bits per heavy atom. The molecule has 1 saturated heterocycles. The maximum absolute atomic E-state index is 10.9. The Labute approximate surface area is 105 Å². The van der Waals surface area contributed by atoms with Crippen molar-refractivity contribution in [2.45, 2.75) is 12.5 Å². The molecule has 18 heavy (non-hydrogen) atoms. The van der Waals surface area contributed by atoms with E-state index in [9.17, 15) is 10.1 Å². The van der Waals surface area contributed by atoms with Crippen molar-refractivity contribution in [2.75, 3.05) is 30.5 Å². The summed E-state index contributed by atoms with van der Waals surface area (Å²) < 4.78 is 5.28. The second-order valence-electron chi connectivity index (χ2n) is 4.23. The molecule has 3 N–H and O–H groups in total. The molecule has 0 amide bonds. The van der Waals surface area contributed by atoms with Crippen LogP contribution in [0.1, 0.15) is 6.42 Å². The zero-order valence-corrected chi connectivity index (χ0v) is 10.1. The summed E-state index contributed by atoms with van der Waals surface area (Å²) in [5, 5.41) is 10.9. The Balaban J connectivity index is 2.27. The maximum Gasteiger partial charge on any atom is 0.273 e. The zero-order valence-electron chi connectivity index (χ0n) is 10.1. The van der Waals surface area contributed by atoms with Crippen molar-refractivity contribution in [3.05, 3.63) is 28.3 Å². The molecule has 1 heterocycles. The standard InChI is InChI=1S/C11H16N4O3/c1-18-11-2-3-14(7-11)9-4-8(13-12)5-10(6-9)15(16)17/h4-6,11,13H,2-3,7,12H2,1H3. The topological polar surface area (TPSA) is 93.7 Å². The summed E-state index contributed by atoms with van der Waals surface area (Å²) in [4.78, 5) is 12.5. The highest BCUT2D eigenvalue weighted by atomic mass is 16.6. The largest absolute Gasteiger partial charge is 0.380 e. The van der Waals surface area contributed by atoms with Gasteiger partial charge in [-0.05, 0) is 12.5 Å². The first kappa shape index (κ1) is 12.6. The number of benzene rings is 1. The summed E-state index contributed by atoms with van der Waals surface area (Å²) in [5.41, 5.74) is 3.79. The zero-order chi connectivity index (χ0) is 13.1. The SMILES string of the molecule is COC1CCN(c2cc(NN)cc([N+](=O)[O-])c2)C1. The van der Waals surface area contributed by atoms with Crippen LogP contribution >= 0.6 is 0 Å². The summed E-state index contributed by atoms with van der Waals surface area (Å²) in [6.45, 7) is 1.56. The predicted molar refractivity (Wildman–Crippen MR) is 68.5 cm³/mol. The third kappa shape index (κ3) is 2.52. The van der Waals surface area contributed by atoms with Gasteiger partial charge in [-0.25, -0.2) is 0 Å². The van der Waals surface area contributed by atoms with E-state index < -0.39 is 4.92 Å². The number of nitrogens with one attached hydrogen (secondary N) is 1. The van der Waals surface area contributed by atoms with Crippen molar-refractivity contribution in [3.63, 3.8) is 0 Å². The number of ether oxygens (including phenoxy) is 1. The van der Waals surface area contributed by atoms with E-state index in [1.54, 1.807) is 19.2 Å². The van der Waals surface area contributed by atoms with Gasteiger partial charge in [0.15, 0.2) is 0 Å². The first-order valence-corrected chi connectivity index (χ1v) is 5.68. The van der Waals surface area contributed by atoms with Crippen LogP contribution in [0.3, 0.4) is 0 Å². The minimum Gasteiger partial charge on any atom is -0.380 e. The van der Waals surface area contributed by atoms with Crippen molar-refractivity contribution in [2.24, 2.45) is 5.84 Å². The molecule has 1 unspecified atom stereocenters. The summed E-state index contributed by atoms with van der Waals surface area (Å²) in [5.74, 6) is 5.32. The predicted octanol–water partition coefficient (Wildman–Crippen LogP) is 1.11. The van der Waals surface area contributed by atoms with E-state index in [4.69, 9.17) is 10.6 Å². The van der Waals surface area contributed by atoms with Crippen LogP contribution < -0.4 is 16.2 Å². The van der Waals surface area contributed by atoms with Crippen LogP contribution in [0.4, 0.5) is 17.1 Å². The lowest BCUT2D eigenvalue weighted by Gasteiger charge is -2.19. The molecular formula is C11H16N4O3. The van der Waals surface area contributed by atoms with Crippen molar-refractivity contribution in [1.82, 2.24) is 0 Å². The number of anilines is 2. The molecule has 0 aliphatic carbocycles. The molecule has 2 rings (SSSR count). The van der Waals surface area contributed by atoms with Crippen LogP contribution in [-0.2, 0) is 4.74 Å². The molecule has 7 nitrogen and oxygen atoms in total. The molecule has 1 aromatic rings.